The zero-order chi connectivity index (χ0) is 27.1. The van der Waals surface area contributed by atoms with Crippen molar-refractivity contribution in [2.45, 2.75) is 70.9 Å². The molecule has 4 amide bonds. The minimum absolute atomic E-state index is 0.110. The van der Waals surface area contributed by atoms with Crippen LogP contribution in [-0.4, -0.2) is 83.7 Å². The number of hydrogen-bond donors (Lipinski definition) is 1. The highest BCUT2D eigenvalue weighted by atomic mass is 16.5. The third-order valence-electron chi connectivity index (χ3n) is 9.87. The summed E-state index contributed by atoms with van der Waals surface area (Å²) in [6, 6.07) is 4.90. The molecular formula is C30H40N4O5. The van der Waals surface area contributed by atoms with E-state index in [0.29, 0.717) is 42.9 Å². The Hall–Kier alpha value is -2.94. The third-order valence-corrected chi connectivity index (χ3v) is 9.87. The molecular weight excluding hydrogens is 496 g/mol. The van der Waals surface area contributed by atoms with E-state index in [-0.39, 0.29) is 23.7 Å². The van der Waals surface area contributed by atoms with Crippen LogP contribution in [0.1, 0.15) is 74.2 Å². The fraction of sp³-hybridized carbons (Fsp3) is 0.667. The van der Waals surface area contributed by atoms with Crippen LogP contribution in [0.25, 0.3) is 0 Å². The van der Waals surface area contributed by atoms with Crippen LogP contribution in [0, 0.1) is 17.3 Å². The Bertz CT molecular complexity index is 1150. The molecule has 0 spiro atoms. The molecule has 3 saturated heterocycles. The number of benzene rings is 1. The highest BCUT2D eigenvalue weighted by molar-refractivity contribution is 6.05. The molecule has 0 bridgehead atoms. The highest BCUT2D eigenvalue weighted by Crippen LogP contribution is 2.41. The molecule has 1 aromatic carbocycles. The third kappa shape index (κ3) is 5.17. The smallest absolute Gasteiger partial charge is 0.255 e. The lowest BCUT2D eigenvalue weighted by atomic mass is 9.78. The zero-order valence-electron chi connectivity index (χ0n) is 23.0. The molecule has 39 heavy (non-hydrogen) atoms. The average molecular weight is 537 g/mol. The molecule has 1 atom stereocenters. The molecule has 5 aliphatic rings. The van der Waals surface area contributed by atoms with Crippen LogP contribution in [0.5, 0.6) is 5.75 Å². The molecule has 1 saturated carbocycles. The first-order chi connectivity index (χ1) is 18.8. The van der Waals surface area contributed by atoms with E-state index in [9.17, 15) is 19.2 Å². The van der Waals surface area contributed by atoms with Gasteiger partial charge in [0.2, 0.25) is 17.7 Å². The SMILES string of the molecule is CC1(C(=O)N2CCC(C3CN(CCOc4ccc5c(c4)CN(C4CCC(=O)NC4=O)C5=O)C3)CC2)CCCC1. The quantitative estimate of drug-likeness (QED) is 0.538. The summed E-state index contributed by atoms with van der Waals surface area (Å²) >= 11 is 0. The summed E-state index contributed by atoms with van der Waals surface area (Å²) in [6.45, 7) is 8.00. The first-order valence-corrected chi connectivity index (χ1v) is 14.7. The number of piperidine rings is 2. The lowest BCUT2D eigenvalue weighted by molar-refractivity contribution is -0.143. The molecule has 9 nitrogen and oxygen atoms in total. The monoisotopic (exact) mass is 536 g/mol. The van der Waals surface area contributed by atoms with Crippen molar-refractivity contribution >= 4 is 23.6 Å². The molecule has 9 heteroatoms. The van der Waals surface area contributed by atoms with E-state index < -0.39 is 11.9 Å². The largest absolute Gasteiger partial charge is 0.492 e. The Morgan fingerprint density at radius 1 is 1.05 bits per heavy atom. The normalized spacial score (nSPS) is 26.0. The number of carbonyl (C=O) groups is 4. The van der Waals surface area contributed by atoms with Gasteiger partial charge in [-0.3, -0.25) is 29.4 Å². The highest BCUT2D eigenvalue weighted by Gasteiger charge is 2.42. The van der Waals surface area contributed by atoms with E-state index in [1.54, 1.807) is 11.0 Å². The van der Waals surface area contributed by atoms with Gasteiger partial charge in [-0.05, 0) is 67.7 Å². The Kier molecular flexibility index (Phi) is 7.12. The number of fused-ring (bicyclic) bond motifs is 1. The van der Waals surface area contributed by atoms with Crippen LogP contribution >= 0.6 is 0 Å². The number of likely N-dealkylation sites (tertiary alicyclic amines) is 2. The second kappa shape index (κ2) is 10.6. The fourth-order valence-electron chi connectivity index (χ4n) is 7.35. The number of nitrogens with zero attached hydrogens (tertiary/aromatic N) is 3. The van der Waals surface area contributed by atoms with Crippen LogP contribution in [-0.2, 0) is 20.9 Å². The van der Waals surface area contributed by atoms with Crippen LogP contribution in [0.2, 0.25) is 0 Å². The maximum Gasteiger partial charge on any atom is 0.255 e. The van der Waals surface area contributed by atoms with Gasteiger partial charge in [0.05, 0.1) is 0 Å². The molecule has 1 unspecified atom stereocenters. The van der Waals surface area contributed by atoms with Crippen molar-refractivity contribution < 1.29 is 23.9 Å². The van der Waals surface area contributed by atoms with Crippen LogP contribution in [0.3, 0.4) is 0 Å². The summed E-state index contributed by atoms with van der Waals surface area (Å²) in [4.78, 5) is 55.7. The predicted molar refractivity (Wildman–Crippen MR) is 144 cm³/mol. The summed E-state index contributed by atoms with van der Waals surface area (Å²) in [5.74, 6) is 1.71. The molecule has 4 aliphatic heterocycles. The minimum Gasteiger partial charge on any atom is -0.492 e. The summed E-state index contributed by atoms with van der Waals surface area (Å²) < 4.78 is 6.03. The maximum absolute atomic E-state index is 13.0. The van der Waals surface area contributed by atoms with E-state index in [1.807, 2.05) is 12.1 Å². The van der Waals surface area contributed by atoms with Gasteiger partial charge in [-0.25, -0.2) is 0 Å². The van der Waals surface area contributed by atoms with Crippen molar-refractivity contribution in [2.75, 3.05) is 39.3 Å². The molecule has 0 aromatic heterocycles. The van der Waals surface area contributed by atoms with Gasteiger partial charge in [0.15, 0.2) is 0 Å². The molecule has 1 N–H and O–H groups in total. The van der Waals surface area contributed by atoms with Gasteiger partial charge in [-0.2, -0.15) is 0 Å². The lowest BCUT2D eigenvalue weighted by Crippen LogP contribution is -2.54. The second-order valence-corrected chi connectivity index (χ2v) is 12.5. The van der Waals surface area contributed by atoms with Gasteiger partial charge in [0, 0.05) is 56.7 Å². The average Bonchev–Trinajstić information content (AvgIpc) is 3.49. The number of nitrogens with one attached hydrogen (secondary N) is 1. The number of ether oxygens (including phenoxy) is 1. The number of imide groups is 1. The zero-order valence-corrected chi connectivity index (χ0v) is 23.0. The first kappa shape index (κ1) is 26.3. The first-order valence-electron chi connectivity index (χ1n) is 14.7. The summed E-state index contributed by atoms with van der Waals surface area (Å²) in [5, 5.41) is 2.34. The predicted octanol–water partition coefficient (Wildman–Crippen LogP) is 2.58. The molecule has 6 rings (SSSR count). The van der Waals surface area contributed by atoms with E-state index in [4.69, 9.17) is 4.74 Å². The van der Waals surface area contributed by atoms with Gasteiger partial charge in [-0.1, -0.05) is 19.8 Å². The minimum atomic E-state index is -0.602. The molecule has 210 valence electrons. The topological polar surface area (TPSA) is 99.3 Å². The van der Waals surface area contributed by atoms with Crippen LogP contribution < -0.4 is 10.1 Å². The van der Waals surface area contributed by atoms with E-state index in [2.05, 4.69) is 22.0 Å². The summed E-state index contributed by atoms with van der Waals surface area (Å²) in [7, 11) is 0. The van der Waals surface area contributed by atoms with Crippen LogP contribution in [0.15, 0.2) is 18.2 Å². The van der Waals surface area contributed by atoms with Gasteiger partial charge >= 0.3 is 0 Å². The molecule has 1 aliphatic carbocycles. The molecule has 1 aromatic rings. The van der Waals surface area contributed by atoms with Crippen molar-refractivity contribution in [2.24, 2.45) is 17.3 Å². The standard InChI is InChI=1S/C30H40N4O5/c1-30(10-2-3-11-30)29(38)33-12-8-20(9-13-33)22-17-32(18-22)14-15-39-23-4-5-24-21(16-23)19-34(28(24)37)25-6-7-26(35)31-27(25)36/h4-5,16,20,22,25H,2-3,6-15,17-19H2,1H3,(H,31,35,36). The second-order valence-electron chi connectivity index (χ2n) is 12.5. The molecule has 0 radical (unpaired) electrons. The van der Waals surface area contributed by atoms with Gasteiger partial charge in [0.1, 0.15) is 18.4 Å². The van der Waals surface area contributed by atoms with E-state index in [1.165, 1.54) is 12.8 Å². The van der Waals surface area contributed by atoms with Gasteiger partial charge in [-0.15, -0.1) is 0 Å². The van der Waals surface area contributed by atoms with Crippen molar-refractivity contribution in [3.63, 3.8) is 0 Å². The van der Waals surface area contributed by atoms with Gasteiger partial charge in [0.25, 0.3) is 5.91 Å². The van der Waals surface area contributed by atoms with Crippen molar-refractivity contribution in [3.05, 3.63) is 29.3 Å². The Labute approximate surface area is 230 Å². The fourth-order valence-corrected chi connectivity index (χ4v) is 7.35. The Morgan fingerprint density at radius 2 is 1.79 bits per heavy atom. The number of hydrogen-bond acceptors (Lipinski definition) is 6. The number of rotatable bonds is 7. The summed E-state index contributed by atoms with van der Waals surface area (Å²) in [5.41, 5.74) is 1.35. The van der Waals surface area contributed by atoms with Crippen molar-refractivity contribution in [1.82, 2.24) is 20.0 Å². The van der Waals surface area contributed by atoms with E-state index >= 15 is 0 Å². The van der Waals surface area contributed by atoms with Gasteiger partial charge < -0.3 is 14.5 Å². The maximum atomic E-state index is 13.0. The van der Waals surface area contributed by atoms with E-state index in [0.717, 1.165) is 69.7 Å². The van der Waals surface area contributed by atoms with Crippen LogP contribution in [0.4, 0.5) is 0 Å². The lowest BCUT2D eigenvalue weighted by Gasteiger charge is -2.46. The molecule has 4 fully saturated rings. The van der Waals surface area contributed by atoms with Crippen molar-refractivity contribution in [3.8, 4) is 5.75 Å². The molecule has 4 heterocycles. The summed E-state index contributed by atoms with van der Waals surface area (Å²) in [6.07, 6.45) is 7.35. The number of carbonyl (C=O) groups excluding carboxylic acids is 4. The number of amides is 4. The Morgan fingerprint density at radius 3 is 2.51 bits per heavy atom. The Balaban J connectivity index is 0.919. The van der Waals surface area contributed by atoms with Crippen molar-refractivity contribution in [1.29, 1.82) is 0 Å².